The van der Waals surface area contributed by atoms with Crippen LogP contribution in [0.2, 0.25) is 0 Å². The van der Waals surface area contributed by atoms with E-state index in [1.165, 1.54) is 22.3 Å². The Hall–Kier alpha value is -8.36. The van der Waals surface area contributed by atoms with Gasteiger partial charge in [0.2, 0.25) is 0 Å². The number of hydrazine groups is 4. The van der Waals surface area contributed by atoms with E-state index in [1.807, 2.05) is 97.1 Å². The van der Waals surface area contributed by atoms with Crippen molar-refractivity contribution in [2.75, 3.05) is 28.2 Å². The lowest BCUT2D eigenvalue weighted by atomic mass is 10.1. The predicted molar refractivity (Wildman–Crippen MR) is 301 cm³/mol. The van der Waals surface area contributed by atoms with E-state index in [0.717, 1.165) is 47.9 Å². The molecule has 0 saturated heterocycles. The lowest BCUT2D eigenvalue weighted by Gasteiger charge is -2.21. The van der Waals surface area contributed by atoms with Gasteiger partial charge in [-0.3, -0.25) is 42.5 Å². The number of likely N-dealkylation sites (N-methyl/N-ethyl adjacent to an activating group) is 4. The number of nitrogens with zero attached hydrogens (tertiary/aromatic N) is 4. The number of hydrogen-bond acceptors (Lipinski definition) is 20. The maximum absolute atomic E-state index is 9.89. The van der Waals surface area contributed by atoms with Gasteiger partial charge in [0.1, 0.15) is 0 Å². The number of aliphatic carboxylic acids is 8. The number of rotatable bonds is 14. The summed E-state index contributed by atoms with van der Waals surface area (Å²) in [7, 11) is 7.17. The molecule has 84 heavy (non-hydrogen) atoms. The Bertz CT molecular complexity index is 2470. The van der Waals surface area contributed by atoms with E-state index >= 15 is 0 Å². The predicted octanol–water partition coefficient (Wildman–Crippen LogP) is 1.10. The number of aliphatic hydroxyl groups is 4. The van der Waals surface area contributed by atoms with Crippen LogP contribution in [0.15, 0.2) is 121 Å². The Morgan fingerprint density at radius 3 is 0.619 bits per heavy atom. The minimum atomic E-state index is -1.26. The number of fused-ring (bicyclic) bond motifs is 4. The highest BCUT2D eigenvalue weighted by Crippen LogP contribution is 2.35. The molecular weight excluding hydrogens is 1100 g/mol. The number of benzene rings is 4. The zero-order chi connectivity index (χ0) is 64.0. The first kappa shape index (κ1) is 73.7. The zero-order valence-electron chi connectivity index (χ0n) is 46.6. The van der Waals surface area contributed by atoms with Crippen molar-refractivity contribution in [2.24, 2.45) is 23.4 Å². The second-order valence-corrected chi connectivity index (χ2v) is 18.9. The average Bonchev–Trinajstić information content (AvgIpc) is 4.10. The molecular formula is C56H76N8O20. The van der Waals surface area contributed by atoms with E-state index in [1.54, 1.807) is 48.2 Å². The molecule has 28 heteroatoms. The number of carboxylic acid groups (broad SMARTS) is 8. The van der Waals surface area contributed by atoms with Crippen molar-refractivity contribution in [3.63, 3.8) is 0 Å². The van der Waals surface area contributed by atoms with Crippen LogP contribution in [-0.2, 0) is 64.0 Å². The van der Waals surface area contributed by atoms with Crippen LogP contribution in [0.25, 0.3) is 0 Å². The normalized spacial score (nSPS) is 19.8. The van der Waals surface area contributed by atoms with Crippen LogP contribution in [0.3, 0.4) is 0 Å². The van der Waals surface area contributed by atoms with Crippen LogP contribution in [0.4, 0.5) is 0 Å². The van der Waals surface area contributed by atoms with Crippen molar-refractivity contribution in [3.05, 3.63) is 166 Å². The summed E-state index contributed by atoms with van der Waals surface area (Å²) in [6, 6.07) is 31.9. The molecule has 0 spiro atoms. The molecule has 0 bridgehead atoms. The second kappa shape index (κ2) is 37.7. The average molecular weight is 1180 g/mol. The van der Waals surface area contributed by atoms with Crippen LogP contribution in [0, 0.1) is 0 Å². The minimum Gasteiger partial charge on any atom is -0.481 e. The highest BCUT2D eigenvalue weighted by atomic mass is 16.4. The highest BCUT2D eigenvalue weighted by molar-refractivity contribution is 5.90. The second-order valence-electron chi connectivity index (χ2n) is 18.9. The van der Waals surface area contributed by atoms with E-state index in [4.69, 9.17) is 64.2 Å². The lowest BCUT2D eigenvalue weighted by molar-refractivity contribution is -0.143. The standard InChI is InChI=1S/4C10H14N2O.2C4H6O4.2C4H4O4/c4*1-12(11)9-6-7-4-2-3-5-8(7)10(9)13;4*5-3(6)1-2-4(7)8/h4*2-5,9-10,13H,6,11H2,1H3;2*1-2H2,(H,5,6)(H,7,8);2*1-2H,(H,5,6)(H,7,8)/b;;;;;;2*2-1+/t4*9-,10-;;;;/m1100..../s1. The fourth-order valence-electron chi connectivity index (χ4n) is 8.39. The van der Waals surface area contributed by atoms with Crippen LogP contribution < -0.4 is 23.4 Å². The Morgan fingerprint density at radius 2 is 0.500 bits per heavy atom. The molecule has 4 aliphatic rings. The third kappa shape index (κ3) is 27.1. The lowest BCUT2D eigenvalue weighted by Crippen LogP contribution is -2.40. The molecule has 20 N–H and O–H groups in total. The monoisotopic (exact) mass is 1180 g/mol. The third-order valence-corrected chi connectivity index (χ3v) is 12.6. The van der Waals surface area contributed by atoms with Crippen LogP contribution in [0.5, 0.6) is 0 Å². The number of carboxylic acids is 8. The minimum absolute atomic E-state index is 0.0254. The third-order valence-electron chi connectivity index (χ3n) is 12.6. The fourth-order valence-corrected chi connectivity index (χ4v) is 8.39. The molecule has 0 fully saturated rings. The number of carbonyl (C=O) groups is 8. The van der Waals surface area contributed by atoms with Gasteiger partial charge in [-0.1, -0.05) is 97.1 Å². The maximum atomic E-state index is 9.89. The number of nitrogens with two attached hydrogens (primary N) is 4. The summed E-state index contributed by atoms with van der Waals surface area (Å²) in [4.78, 5) is 76.8. The van der Waals surface area contributed by atoms with Gasteiger partial charge in [-0.25, -0.2) is 39.2 Å². The molecule has 0 aliphatic heterocycles. The largest absolute Gasteiger partial charge is 0.481 e. The van der Waals surface area contributed by atoms with Crippen molar-refractivity contribution in [1.29, 1.82) is 0 Å². The first-order valence-corrected chi connectivity index (χ1v) is 25.4. The summed E-state index contributed by atoms with van der Waals surface area (Å²) in [6.07, 6.45) is 2.64. The van der Waals surface area contributed by atoms with Gasteiger partial charge in [-0.15, -0.1) is 0 Å². The highest BCUT2D eigenvalue weighted by Gasteiger charge is 2.35. The number of aliphatic hydroxyl groups excluding tert-OH is 4. The van der Waals surface area contributed by atoms with Crippen molar-refractivity contribution in [3.8, 4) is 0 Å². The quantitative estimate of drug-likeness (QED) is 0.0477. The zero-order valence-corrected chi connectivity index (χ0v) is 46.6. The molecule has 0 unspecified atom stereocenters. The molecule has 8 rings (SSSR count). The molecule has 8 atom stereocenters. The SMILES string of the molecule is CN(N)[C@@H]1Cc2ccccc2[C@H]1O.CN(N)[C@@H]1Cc2ccccc2[C@H]1O.CN(N)[C@H]1Cc2ccccc2[C@@H]1O.CN(N)[C@H]1Cc2ccccc2[C@@H]1O.O=C(O)/C=C/C(=O)O.O=C(O)/C=C/C(=O)O.O=C(O)CCC(=O)O.O=C(O)CCC(=O)O. The summed E-state index contributed by atoms with van der Waals surface area (Å²) in [5.74, 6) is 13.2. The van der Waals surface area contributed by atoms with Gasteiger partial charge in [-0.2, -0.15) is 0 Å². The summed E-state index contributed by atoms with van der Waals surface area (Å²) < 4.78 is 0. The van der Waals surface area contributed by atoms with E-state index in [0.29, 0.717) is 24.3 Å². The maximum Gasteiger partial charge on any atom is 0.328 e. The van der Waals surface area contributed by atoms with Crippen LogP contribution in [-0.4, -0.2) is 181 Å². The van der Waals surface area contributed by atoms with Gasteiger partial charge < -0.3 is 61.3 Å². The summed E-state index contributed by atoms with van der Waals surface area (Å²) in [5.41, 5.74) is 8.90. The van der Waals surface area contributed by atoms with Gasteiger partial charge in [0.25, 0.3) is 0 Å². The van der Waals surface area contributed by atoms with Gasteiger partial charge in [-0.05, 0) is 70.2 Å². The summed E-state index contributed by atoms with van der Waals surface area (Å²) >= 11 is 0. The van der Waals surface area contributed by atoms with Crippen molar-refractivity contribution in [1.82, 2.24) is 20.0 Å². The first-order chi connectivity index (χ1) is 39.3. The van der Waals surface area contributed by atoms with Crippen molar-refractivity contribution in [2.45, 2.75) is 99.9 Å². The summed E-state index contributed by atoms with van der Waals surface area (Å²) in [5, 5.41) is 109. The van der Waals surface area contributed by atoms with E-state index in [-0.39, 0.29) is 49.9 Å². The van der Waals surface area contributed by atoms with Gasteiger partial charge in [0, 0.05) is 52.5 Å². The van der Waals surface area contributed by atoms with E-state index < -0.39 is 72.2 Å². The topological polar surface area (TPSA) is 496 Å². The molecule has 0 radical (unpaired) electrons. The Balaban J connectivity index is 0.000000486. The first-order valence-electron chi connectivity index (χ1n) is 25.4. The molecule has 4 aromatic rings. The van der Waals surface area contributed by atoms with Crippen molar-refractivity contribution >= 4 is 47.8 Å². The fraction of sp³-hybridized carbons (Fsp3) is 0.357. The van der Waals surface area contributed by atoms with E-state index in [2.05, 4.69) is 0 Å². The van der Waals surface area contributed by atoms with Gasteiger partial charge >= 0.3 is 47.8 Å². The van der Waals surface area contributed by atoms with E-state index in [9.17, 15) is 58.8 Å². The van der Waals surface area contributed by atoms with Gasteiger partial charge in [0.05, 0.1) is 74.3 Å². The van der Waals surface area contributed by atoms with Gasteiger partial charge in [0.15, 0.2) is 0 Å². The molecule has 460 valence electrons. The molecule has 4 aromatic carbocycles. The Kier molecular flexibility index (Phi) is 33.0. The molecule has 28 nitrogen and oxygen atoms in total. The molecule has 4 aliphatic carbocycles. The van der Waals surface area contributed by atoms with Crippen LogP contribution >= 0.6 is 0 Å². The molecule has 0 heterocycles. The molecule has 0 aromatic heterocycles. The Labute approximate surface area is 483 Å². The smallest absolute Gasteiger partial charge is 0.328 e. The van der Waals surface area contributed by atoms with Crippen LogP contribution in [0.1, 0.15) is 94.6 Å². The van der Waals surface area contributed by atoms with Crippen molar-refractivity contribution < 1.29 is 99.6 Å². The summed E-state index contributed by atoms with van der Waals surface area (Å²) in [6.45, 7) is 0. The molecule has 0 amide bonds. The molecule has 0 saturated carbocycles. The Morgan fingerprint density at radius 1 is 0.345 bits per heavy atom. The number of hydrogen-bond donors (Lipinski definition) is 16.